The van der Waals surface area contributed by atoms with Gasteiger partial charge in [-0.2, -0.15) is 13.2 Å². The number of fused-ring (bicyclic) bond motifs is 1. The molecule has 0 aliphatic heterocycles. The second-order valence-corrected chi connectivity index (χ2v) is 8.11. The predicted molar refractivity (Wildman–Crippen MR) is 120 cm³/mol. The molecule has 4 rings (SSSR count). The summed E-state index contributed by atoms with van der Waals surface area (Å²) in [4.78, 5) is 21.7. The number of amides is 1. The molecular formula is C24H17F4N3OS. The van der Waals surface area contributed by atoms with E-state index in [-0.39, 0.29) is 17.3 Å². The van der Waals surface area contributed by atoms with Gasteiger partial charge in [0.2, 0.25) is 5.91 Å². The molecule has 0 aliphatic rings. The van der Waals surface area contributed by atoms with Gasteiger partial charge in [-0.25, -0.2) is 14.4 Å². The van der Waals surface area contributed by atoms with Crippen LogP contribution < -0.4 is 5.32 Å². The molecule has 0 spiro atoms. The number of thioether (sulfide) groups is 1. The van der Waals surface area contributed by atoms with E-state index < -0.39 is 17.6 Å². The number of hydrogen-bond acceptors (Lipinski definition) is 4. The quantitative estimate of drug-likeness (QED) is 0.272. The summed E-state index contributed by atoms with van der Waals surface area (Å²) < 4.78 is 52.8. The van der Waals surface area contributed by atoms with E-state index in [0.29, 0.717) is 28.2 Å². The Balaban J connectivity index is 1.55. The summed E-state index contributed by atoms with van der Waals surface area (Å²) in [5.74, 6) is -1.11. The van der Waals surface area contributed by atoms with Gasteiger partial charge in [0.25, 0.3) is 0 Å². The number of para-hydroxylation sites is 3. The Labute approximate surface area is 191 Å². The first-order chi connectivity index (χ1) is 15.8. The number of nitrogens with one attached hydrogen (secondary N) is 1. The van der Waals surface area contributed by atoms with E-state index in [0.717, 1.165) is 23.4 Å². The van der Waals surface area contributed by atoms with E-state index in [9.17, 15) is 22.4 Å². The Morgan fingerprint density at radius 2 is 1.52 bits per heavy atom. The van der Waals surface area contributed by atoms with Crippen LogP contribution in [-0.4, -0.2) is 21.6 Å². The topological polar surface area (TPSA) is 54.9 Å². The summed E-state index contributed by atoms with van der Waals surface area (Å²) in [5, 5.41) is 2.81. The summed E-state index contributed by atoms with van der Waals surface area (Å²) in [6, 6.07) is 18.0. The van der Waals surface area contributed by atoms with E-state index >= 15 is 0 Å². The molecule has 3 aromatic carbocycles. The van der Waals surface area contributed by atoms with Crippen molar-refractivity contribution >= 4 is 34.4 Å². The van der Waals surface area contributed by atoms with E-state index in [2.05, 4.69) is 15.3 Å². The molecule has 0 bridgehead atoms. The Bertz CT molecular complexity index is 1290. The van der Waals surface area contributed by atoms with Crippen LogP contribution in [0.15, 0.2) is 77.8 Å². The predicted octanol–water partition coefficient (Wildman–Crippen LogP) is 6.11. The first kappa shape index (κ1) is 22.7. The maximum absolute atomic E-state index is 13.3. The molecule has 4 nitrogen and oxygen atoms in total. The summed E-state index contributed by atoms with van der Waals surface area (Å²) in [6.07, 6.45) is -4.22. The molecule has 9 heteroatoms. The highest BCUT2D eigenvalue weighted by atomic mass is 32.2. The second-order valence-electron chi connectivity index (χ2n) is 7.15. The van der Waals surface area contributed by atoms with Crippen LogP contribution in [0.5, 0.6) is 0 Å². The highest BCUT2D eigenvalue weighted by Gasteiger charge is 2.33. The summed E-state index contributed by atoms with van der Waals surface area (Å²) in [6.45, 7) is 0. The monoisotopic (exact) mass is 471 g/mol. The highest BCUT2D eigenvalue weighted by Crippen LogP contribution is 2.34. The Kier molecular flexibility index (Phi) is 6.60. The minimum atomic E-state index is -4.58. The van der Waals surface area contributed by atoms with Crippen LogP contribution >= 0.6 is 11.8 Å². The number of alkyl halides is 3. The standard InChI is InChI=1S/C24H17F4N3OS/c25-16-11-9-15(10-12-16)13-21-23(31-20-8-4-3-7-19(20)29-21)33-14-22(32)30-18-6-2-1-5-17(18)24(26,27)28/h1-12H,13-14H2,(H,30,32). The SMILES string of the molecule is O=C(CSc1nc2ccccc2nc1Cc1ccc(F)cc1)Nc1ccccc1C(F)(F)F. The molecule has 1 N–H and O–H groups in total. The van der Waals surface area contributed by atoms with Crippen LogP contribution in [0.3, 0.4) is 0 Å². The first-order valence-corrected chi connectivity index (χ1v) is 10.9. The van der Waals surface area contributed by atoms with Crippen molar-refractivity contribution < 1.29 is 22.4 Å². The Hall–Kier alpha value is -3.46. The molecule has 0 unspecified atom stereocenters. The third kappa shape index (κ3) is 5.67. The van der Waals surface area contributed by atoms with Crippen molar-refractivity contribution in [1.82, 2.24) is 9.97 Å². The van der Waals surface area contributed by atoms with E-state index in [1.165, 1.54) is 30.3 Å². The molecule has 0 atom stereocenters. The third-order valence-corrected chi connectivity index (χ3v) is 5.74. The lowest BCUT2D eigenvalue weighted by Crippen LogP contribution is -2.18. The third-order valence-electron chi connectivity index (χ3n) is 4.74. The van der Waals surface area contributed by atoms with Crippen molar-refractivity contribution in [1.29, 1.82) is 0 Å². The Morgan fingerprint density at radius 3 is 2.21 bits per heavy atom. The zero-order valence-electron chi connectivity index (χ0n) is 17.1. The maximum Gasteiger partial charge on any atom is 0.418 e. The number of halogens is 4. The number of aromatic nitrogens is 2. The minimum absolute atomic E-state index is 0.157. The minimum Gasteiger partial charge on any atom is -0.325 e. The normalized spacial score (nSPS) is 11.5. The van der Waals surface area contributed by atoms with Gasteiger partial charge in [-0.05, 0) is 42.0 Å². The van der Waals surface area contributed by atoms with Gasteiger partial charge in [-0.1, -0.05) is 48.2 Å². The zero-order chi connectivity index (χ0) is 23.4. The highest BCUT2D eigenvalue weighted by molar-refractivity contribution is 8.00. The lowest BCUT2D eigenvalue weighted by atomic mass is 10.1. The van der Waals surface area contributed by atoms with Gasteiger partial charge in [-0.3, -0.25) is 4.79 Å². The number of benzene rings is 3. The van der Waals surface area contributed by atoms with Gasteiger partial charge in [0.15, 0.2) is 0 Å². The molecule has 0 saturated heterocycles. The van der Waals surface area contributed by atoms with E-state index in [4.69, 9.17) is 0 Å². The number of carbonyl (C=O) groups excluding carboxylic acids is 1. The second kappa shape index (κ2) is 9.58. The van der Waals surface area contributed by atoms with E-state index in [1.54, 1.807) is 18.2 Å². The smallest absolute Gasteiger partial charge is 0.325 e. The summed E-state index contributed by atoms with van der Waals surface area (Å²) in [7, 11) is 0. The summed E-state index contributed by atoms with van der Waals surface area (Å²) in [5.41, 5.74) is 1.49. The molecule has 4 aromatic rings. The maximum atomic E-state index is 13.3. The van der Waals surface area contributed by atoms with Gasteiger partial charge in [0.1, 0.15) is 10.8 Å². The van der Waals surface area contributed by atoms with Crippen LogP contribution in [0, 0.1) is 5.82 Å². The molecule has 33 heavy (non-hydrogen) atoms. The molecule has 0 radical (unpaired) electrons. The molecule has 1 aromatic heterocycles. The fourth-order valence-electron chi connectivity index (χ4n) is 3.21. The number of carbonyl (C=O) groups is 1. The Morgan fingerprint density at radius 1 is 0.879 bits per heavy atom. The van der Waals surface area contributed by atoms with Gasteiger partial charge < -0.3 is 5.32 Å². The fraction of sp³-hybridized carbons (Fsp3) is 0.125. The number of hydrogen-bond donors (Lipinski definition) is 1. The molecule has 168 valence electrons. The van der Waals surface area contributed by atoms with Crippen LogP contribution in [0.2, 0.25) is 0 Å². The lowest BCUT2D eigenvalue weighted by Gasteiger charge is -2.14. The molecule has 0 aliphatic carbocycles. The van der Waals surface area contributed by atoms with Crippen molar-refractivity contribution in [3.63, 3.8) is 0 Å². The number of anilines is 1. The molecule has 0 fully saturated rings. The van der Waals surface area contributed by atoms with Crippen molar-refractivity contribution in [2.75, 3.05) is 11.1 Å². The van der Waals surface area contributed by atoms with Crippen LogP contribution in [-0.2, 0) is 17.4 Å². The number of nitrogens with zero attached hydrogens (tertiary/aromatic N) is 2. The van der Waals surface area contributed by atoms with Gasteiger partial charge in [0, 0.05) is 6.42 Å². The molecule has 1 amide bonds. The van der Waals surface area contributed by atoms with Crippen LogP contribution in [0.1, 0.15) is 16.8 Å². The number of rotatable bonds is 6. The van der Waals surface area contributed by atoms with Crippen molar-refractivity contribution in [2.45, 2.75) is 17.6 Å². The summed E-state index contributed by atoms with van der Waals surface area (Å²) >= 11 is 1.08. The van der Waals surface area contributed by atoms with E-state index in [1.807, 2.05) is 18.2 Å². The average Bonchev–Trinajstić information content (AvgIpc) is 2.79. The lowest BCUT2D eigenvalue weighted by molar-refractivity contribution is -0.137. The van der Waals surface area contributed by atoms with Crippen LogP contribution in [0.4, 0.5) is 23.2 Å². The van der Waals surface area contributed by atoms with Crippen molar-refractivity contribution in [2.24, 2.45) is 0 Å². The van der Waals surface area contributed by atoms with Crippen LogP contribution in [0.25, 0.3) is 11.0 Å². The average molecular weight is 471 g/mol. The van der Waals surface area contributed by atoms with Crippen molar-refractivity contribution in [3.05, 3.63) is 95.4 Å². The zero-order valence-corrected chi connectivity index (χ0v) is 17.9. The van der Waals surface area contributed by atoms with Gasteiger partial charge in [-0.15, -0.1) is 0 Å². The molecule has 1 heterocycles. The first-order valence-electron chi connectivity index (χ1n) is 9.88. The van der Waals surface area contributed by atoms with Gasteiger partial charge in [0.05, 0.1) is 33.7 Å². The fourth-order valence-corrected chi connectivity index (χ4v) is 3.99. The molecular weight excluding hydrogens is 454 g/mol. The largest absolute Gasteiger partial charge is 0.418 e. The van der Waals surface area contributed by atoms with Gasteiger partial charge >= 0.3 is 6.18 Å². The molecule has 0 saturated carbocycles. The van der Waals surface area contributed by atoms with Crippen molar-refractivity contribution in [3.8, 4) is 0 Å².